The van der Waals surface area contributed by atoms with Gasteiger partial charge in [-0.15, -0.1) is 0 Å². The molecule has 0 aliphatic rings. The molecule has 0 radical (unpaired) electrons. The summed E-state index contributed by atoms with van der Waals surface area (Å²) in [6.07, 6.45) is 0. The largest absolute Gasteiger partial charge is 0.493 e. The zero-order valence-corrected chi connectivity index (χ0v) is 19.5. The molecule has 1 amide bonds. The number of rotatable bonds is 8. The quantitative estimate of drug-likeness (QED) is 0.483. The Hall–Kier alpha value is -2.94. The first kappa shape index (κ1) is 23.7. The van der Waals surface area contributed by atoms with Crippen LogP contribution in [0.25, 0.3) is 0 Å². The topological polar surface area (TPSA) is 84.9 Å². The maximum absolute atomic E-state index is 13.4. The molecule has 0 unspecified atom stereocenters. The maximum atomic E-state index is 13.4. The number of sulfonamides is 1. The van der Waals surface area contributed by atoms with Crippen LogP contribution in [-0.4, -0.2) is 35.1 Å². The van der Waals surface area contributed by atoms with Gasteiger partial charge in [0.05, 0.1) is 35.5 Å². The highest BCUT2D eigenvalue weighted by Gasteiger charge is 2.28. The number of hydrogen-bond acceptors (Lipinski definition) is 5. The van der Waals surface area contributed by atoms with Crippen molar-refractivity contribution in [2.24, 2.45) is 0 Å². The van der Waals surface area contributed by atoms with Gasteiger partial charge in [-0.05, 0) is 42.5 Å². The van der Waals surface area contributed by atoms with Crippen LogP contribution in [0.5, 0.6) is 11.5 Å². The molecule has 3 aromatic carbocycles. The molecule has 0 aliphatic carbocycles. The van der Waals surface area contributed by atoms with E-state index in [4.69, 9.17) is 32.7 Å². The molecule has 32 heavy (non-hydrogen) atoms. The van der Waals surface area contributed by atoms with E-state index in [-0.39, 0.29) is 21.3 Å². The molecule has 1 N–H and O–H groups in total. The standard InChI is InChI=1S/C22H20Cl2N2O5S/c1-30-20-11-9-16(13-21(20)31-2)26(32(28,29)17-6-4-3-5-7-17)14-22(27)25-19-12-15(23)8-10-18(19)24/h3-13H,14H2,1-2H3,(H,25,27). The zero-order chi connectivity index (χ0) is 23.3. The van der Waals surface area contributed by atoms with Gasteiger partial charge in [-0.2, -0.15) is 0 Å². The minimum Gasteiger partial charge on any atom is -0.493 e. The van der Waals surface area contributed by atoms with Crippen LogP contribution in [0.3, 0.4) is 0 Å². The van der Waals surface area contributed by atoms with Crippen LogP contribution in [0.15, 0.2) is 71.6 Å². The van der Waals surface area contributed by atoms with Crippen LogP contribution >= 0.6 is 23.2 Å². The molecule has 7 nitrogen and oxygen atoms in total. The van der Waals surface area contributed by atoms with E-state index in [1.165, 1.54) is 50.6 Å². The van der Waals surface area contributed by atoms with E-state index in [0.717, 1.165) is 4.31 Å². The molecule has 168 valence electrons. The molecule has 10 heteroatoms. The Morgan fingerprint density at radius 2 is 1.62 bits per heavy atom. The Kier molecular flexibility index (Phi) is 7.50. The lowest BCUT2D eigenvalue weighted by Gasteiger charge is -2.25. The van der Waals surface area contributed by atoms with E-state index >= 15 is 0 Å². The third-order valence-corrected chi connectivity index (χ3v) is 6.83. The summed E-state index contributed by atoms with van der Waals surface area (Å²) in [6.45, 7) is -0.518. The predicted octanol–water partition coefficient (Wildman–Crippen LogP) is 4.84. The van der Waals surface area contributed by atoms with Crippen LogP contribution in [0.4, 0.5) is 11.4 Å². The second-order valence-corrected chi connectivity index (χ2v) is 9.24. The fourth-order valence-electron chi connectivity index (χ4n) is 2.93. The Labute approximate surface area is 196 Å². The normalized spacial score (nSPS) is 11.0. The smallest absolute Gasteiger partial charge is 0.264 e. The van der Waals surface area contributed by atoms with Crippen molar-refractivity contribution in [2.75, 3.05) is 30.4 Å². The number of amides is 1. The lowest BCUT2D eigenvalue weighted by Crippen LogP contribution is -2.38. The number of halogens is 2. The molecule has 0 fully saturated rings. The monoisotopic (exact) mass is 494 g/mol. The average molecular weight is 495 g/mol. The van der Waals surface area contributed by atoms with Crippen LogP contribution in [-0.2, 0) is 14.8 Å². The van der Waals surface area contributed by atoms with E-state index in [1.807, 2.05) is 0 Å². The molecule has 3 rings (SSSR count). The van der Waals surface area contributed by atoms with E-state index in [1.54, 1.807) is 30.3 Å². The van der Waals surface area contributed by atoms with Crippen molar-refractivity contribution in [3.63, 3.8) is 0 Å². The zero-order valence-electron chi connectivity index (χ0n) is 17.2. The SMILES string of the molecule is COc1ccc(N(CC(=O)Nc2cc(Cl)ccc2Cl)S(=O)(=O)c2ccccc2)cc1OC. The number of carbonyl (C=O) groups is 1. The summed E-state index contributed by atoms with van der Waals surface area (Å²) >= 11 is 12.1. The third-order valence-electron chi connectivity index (χ3n) is 4.48. The highest BCUT2D eigenvalue weighted by atomic mass is 35.5. The van der Waals surface area contributed by atoms with Crippen LogP contribution in [0.2, 0.25) is 10.0 Å². The first-order valence-electron chi connectivity index (χ1n) is 9.31. The van der Waals surface area contributed by atoms with E-state index in [2.05, 4.69) is 5.32 Å². The number of nitrogens with one attached hydrogen (secondary N) is 1. The number of nitrogens with zero attached hydrogens (tertiary/aromatic N) is 1. The summed E-state index contributed by atoms with van der Waals surface area (Å²) in [6, 6.07) is 17.0. The number of ether oxygens (including phenoxy) is 2. The van der Waals surface area contributed by atoms with Gasteiger partial charge < -0.3 is 14.8 Å². The van der Waals surface area contributed by atoms with E-state index < -0.39 is 22.5 Å². The lowest BCUT2D eigenvalue weighted by atomic mass is 10.2. The summed E-state index contributed by atoms with van der Waals surface area (Å²) in [4.78, 5) is 12.9. The Bertz CT molecular complexity index is 1220. The van der Waals surface area contributed by atoms with Crippen LogP contribution in [0.1, 0.15) is 0 Å². The highest BCUT2D eigenvalue weighted by molar-refractivity contribution is 7.92. The Morgan fingerprint density at radius 1 is 0.938 bits per heavy atom. The van der Waals surface area contributed by atoms with Crippen molar-refractivity contribution in [3.8, 4) is 11.5 Å². The fourth-order valence-corrected chi connectivity index (χ4v) is 4.70. The van der Waals surface area contributed by atoms with Crippen molar-refractivity contribution in [1.82, 2.24) is 0 Å². The number of methoxy groups -OCH3 is 2. The minimum absolute atomic E-state index is 0.0309. The molecule has 0 heterocycles. The summed E-state index contributed by atoms with van der Waals surface area (Å²) < 4.78 is 38.4. The molecule has 0 aliphatic heterocycles. The molecular formula is C22H20Cl2N2O5S. The first-order valence-corrected chi connectivity index (χ1v) is 11.5. The molecule has 0 bridgehead atoms. The number of anilines is 2. The predicted molar refractivity (Wildman–Crippen MR) is 126 cm³/mol. The van der Waals surface area contributed by atoms with Gasteiger partial charge >= 0.3 is 0 Å². The summed E-state index contributed by atoms with van der Waals surface area (Å²) in [5, 5.41) is 3.25. The van der Waals surface area contributed by atoms with Gasteiger partial charge in [-0.3, -0.25) is 9.10 Å². The summed E-state index contributed by atoms with van der Waals surface area (Å²) in [7, 11) is -1.18. The Balaban J connectivity index is 2.01. The summed E-state index contributed by atoms with van der Waals surface area (Å²) in [5.41, 5.74) is 0.493. The molecule has 0 saturated heterocycles. The van der Waals surface area contributed by atoms with Crippen molar-refractivity contribution in [2.45, 2.75) is 4.90 Å². The van der Waals surface area contributed by atoms with Crippen molar-refractivity contribution < 1.29 is 22.7 Å². The van der Waals surface area contributed by atoms with Gasteiger partial charge in [0.2, 0.25) is 5.91 Å². The van der Waals surface area contributed by atoms with Gasteiger partial charge in [-0.25, -0.2) is 8.42 Å². The van der Waals surface area contributed by atoms with Crippen LogP contribution < -0.4 is 19.1 Å². The molecule has 0 atom stereocenters. The van der Waals surface area contributed by atoms with Crippen molar-refractivity contribution >= 4 is 50.5 Å². The highest BCUT2D eigenvalue weighted by Crippen LogP contribution is 2.34. The minimum atomic E-state index is -4.09. The average Bonchev–Trinajstić information content (AvgIpc) is 2.80. The molecular weight excluding hydrogens is 475 g/mol. The van der Waals surface area contributed by atoms with Gasteiger partial charge in [0.15, 0.2) is 11.5 Å². The fraction of sp³-hybridized carbons (Fsp3) is 0.136. The first-order chi connectivity index (χ1) is 15.3. The number of hydrogen-bond donors (Lipinski definition) is 1. The maximum Gasteiger partial charge on any atom is 0.264 e. The van der Waals surface area contributed by atoms with E-state index in [9.17, 15) is 13.2 Å². The van der Waals surface area contributed by atoms with Crippen molar-refractivity contribution in [3.05, 3.63) is 76.8 Å². The second kappa shape index (κ2) is 10.1. The van der Waals surface area contributed by atoms with Crippen molar-refractivity contribution in [1.29, 1.82) is 0 Å². The van der Waals surface area contributed by atoms with E-state index in [0.29, 0.717) is 16.5 Å². The molecule has 0 saturated carbocycles. The third kappa shape index (κ3) is 5.27. The van der Waals surface area contributed by atoms with Crippen LogP contribution in [0, 0.1) is 0 Å². The van der Waals surface area contributed by atoms with Gasteiger partial charge in [0, 0.05) is 11.1 Å². The van der Waals surface area contributed by atoms with Gasteiger partial charge in [0.1, 0.15) is 6.54 Å². The molecule has 0 aromatic heterocycles. The molecule has 3 aromatic rings. The second-order valence-electron chi connectivity index (χ2n) is 6.54. The van der Waals surface area contributed by atoms with Gasteiger partial charge in [0.25, 0.3) is 10.0 Å². The molecule has 0 spiro atoms. The van der Waals surface area contributed by atoms with Gasteiger partial charge in [-0.1, -0.05) is 41.4 Å². The Morgan fingerprint density at radius 3 is 2.28 bits per heavy atom. The number of carbonyl (C=O) groups excluding carboxylic acids is 1. The number of benzene rings is 3. The summed E-state index contributed by atoms with van der Waals surface area (Å²) in [5.74, 6) is 0.128. The lowest BCUT2D eigenvalue weighted by molar-refractivity contribution is -0.114.